The van der Waals surface area contributed by atoms with Crippen LogP contribution < -0.4 is 4.74 Å². The van der Waals surface area contributed by atoms with Crippen LogP contribution in [0.3, 0.4) is 0 Å². The molecule has 0 spiro atoms. The Bertz CT molecular complexity index is 426. The average Bonchev–Trinajstić information content (AvgIpc) is 2.49. The minimum atomic E-state index is 0.758. The fraction of sp³-hybridized carbons (Fsp3) is 0.333. The summed E-state index contributed by atoms with van der Waals surface area (Å²) in [6.07, 6.45) is 6.15. The number of benzene rings is 1. The maximum absolute atomic E-state index is 5.51. The largest absolute Gasteiger partial charge is 0.494 e. The molecule has 3 heteroatoms. The van der Waals surface area contributed by atoms with Crippen molar-refractivity contribution in [3.05, 3.63) is 43.0 Å². The first-order valence-corrected chi connectivity index (χ1v) is 6.38. The second-order valence-electron chi connectivity index (χ2n) is 3.50. The van der Waals surface area contributed by atoms with Crippen LogP contribution in [0, 0.1) is 0 Å². The topological polar surface area (TPSA) is 35.0 Å². The molecule has 2 aromatic rings. The van der Waals surface area contributed by atoms with Crippen LogP contribution in [0.15, 0.2) is 43.0 Å². The van der Waals surface area contributed by atoms with Gasteiger partial charge in [-0.25, -0.2) is 9.97 Å². The zero-order valence-electron chi connectivity index (χ0n) is 11.3. The third-order valence-electron chi connectivity index (χ3n) is 2.22. The Kier molecular flexibility index (Phi) is 6.47. The molecule has 0 saturated carbocycles. The molecule has 0 N–H and O–H groups in total. The number of rotatable bonds is 4. The molecule has 0 fully saturated rings. The van der Waals surface area contributed by atoms with E-state index in [-0.39, 0.29) is 0 Å². The van der Waals surface area contributed by atoms with E-state index in [1.807, 2.05) is 38.1 Å². The molecule has 0 amide bonds. The quantitative estimate of drug-likeness (QED) is 0.816. The SMILES string of the molecule is CC.CCCOc1ccc(-c2cncnc2)cc1. The van der Waals surface area contributed by atoms with Crippen molar-refractivity contribution < 1.29 is 4.74 Å². The molecule has 0 aliphatic heterocycles. The second-order valence-corrected chi connectivity index (χ2v) is 3.50. The number of aromatic nitrogens is 2. The van der Waals surface area contributed by atoms with E-state index >= 15 is 0 Å². The van der Waals surface area contributed by atoms with Gasteiger partial charge in [-0.15, -0.1) is 0 Å². The van der Waals surface area contributed by atoms with Crippen molar-refractivity contribution in [2.75, 3.05) is 6.61 Å². The normalized spacial score (nSPS) is 9.28. The number of nitrogens with zero attached hydrogens (tertiary/aromatic N) is 2. The summed E-state index contributed by atoms with van der Waals surface area (Å²) in [5, 5.41) is 0. The van der Waals surface area contributed by atoms with E-state index in [1.54, 1.807) is 12.4 Å². The molecule has 0 aliphatic carbocycles. The summed E-state index contributed by atoms with van der Waals surface area (Å²) in [4.78, 5) is 7.98. The Labute approximate surface area is 109 Å². The monoisotopic (exact) mass is 244 g/mol. The molecule has 0 bridgehead atoms. The highest BCUT2D eigenvalue weighted by Gasteiger charge is 1.98. The summed E-state index contributed by atoms with van der Waals surface area (Å²) >= 11 is 0. The zero-order valence-corrected chi connectivity index (χ0v) is 11.3. The van der Waals surface area contributed by atoms with Gasteiger partial charge >= 0.3 is 0 Å². The van der Waals surface area contributed by atoms with Gasteiger partial charge in [-0.3, -0.25) is 0 Å². The predicted molar refractivity (Wildman–Crippen MR) is 74.6 cm³/mol. The lowest BCUT2D eigenvalue weighted by Gasteiger charge is -2.05. The third-order valence-corrected chi connectivity index (χ3v) is 2.22. The third kappa shape index (κ3) is 4.17. The van der Waals surface area contributed by atoms with Crippen molar-refractivity contribution in [2.45, 2.75) is 27.2 Å². The second kappa shape index (κ2) is 8.23. The van der Waals surface area contributed by atoms with Gasteiger partial charge in [0.25, 0.3) is 0 Å². The van der Waals surface area contributed by atoms with Crippen LogP contribution in [0.2, 0.25) is 0 Å². The van der Waals surface area contributed by atoms with Crippen LogP contribution in [0.1, 0.15) is 27.2 Å². The van der Waals surface area contributed by atoms with Gasteiger partial charge in [0.15, 0.2) is 0 Å². The Hall–Kier alpha value is -1.90. The van der Waals surface area contributed by atoms with Crippen LogP contribution in [-0.2, 0) is 0 Å². The summed E-state index contributed by atoms with van der Waals surface area (Å²) in [7, 11) is 0. The Morgan fingerprint density at radius 2 is 1.56 bits per heavy atom. The van der Waals surface area contributed by atoms with E-state index < -0.39 is 0 Å². The molecular weight excluding hydrogens is 224 g/mol. The van der Waals surface area contributed by atoms with Crippen molar-refractivity contribution in [3.63, 3.8) is 0 Å². The molecule has 18 heavy (non-hydrogen) atoms. The Morgan fingerprint density at radius 1 is 0.944 bits per heavy atom. The summed E-state index contributed by atoms with van der Waals surface area (Å²) in [5.41, 5.74) is 2.12. The molecule has 1 aromatic heterocycles. The van der Waals surface area contributed by atoms with E-state index in [2.05, 4.69) is 16.9 Å². The van der Waals surface area contributed by atoms with Crippen molar-refractivity contribution >= 4 is 0 Å². The fourth-order valence-corrected chi connectivity index (χ4v) is 1.41. The van der Waals surface area contributed by atoms with Crippen LogP contribution >= 0.6 is 0 Å². The molecule has 0 atom stereocenters. The summed E-state index contributed by atoms with van der Waals surface area (Å²) < 4.78 is 5.51. The van der Waals surface area contributed by atoms with Gasteiger partial charge in [0, 0.05) is 18.0 Å². The summed E-state index contributed by atoms with van der Waals surface area (Å²) in [6.45, 7) is 6.85. The molecule has 0 unspecified atom stereocenters. The lowest BCUT2D eigenvalue weighted by Crippen LogP contribution is -1.94. The highest BCUT2D eigenvalue weighted by molar-refractivity contribution is 5.62. The molecule has 2 rings (SSSR count). The maximum atomic E-state index is 5.51. The molecule has 1 aromatic carbocycles. The van der Waals surface area contributed by atoms with Crippen molar-refractivity contribution in [2.24, 2.45) is 0 Å². The van der Waals surface area contributed by atoms with Crippen LogP contribution in [0.5, 0.6) is 5.75 Å². The van der Waals surface area contributed by atoms with Crippen molar-refractivity contribution in [1.29, 1.82) is 0 Å². The highest BCUT2D eigenvalue weighted by Crippen LogP contribution is 2.20. The molecule has 0 aliphatic rings. The molecule has 3 nitrogen and oxygen atoms in total. The van der Waals surface area contributed by atoms with Gasteiger partial charge in [-0.1, -0.05) is 32.9 Å². The average molecular weight is 244 g/mol. The van der Waals surface area contributed by atoms with E-state index in [1.165, 1.54) is 6.33 Å². The molecule has 0 radical (unpaired) electrons. The van der Waals surface area contributed by atoms with E-state index in [9.17, 15) is 0 Å². The van der Waals surface area contributed by atoms with Crippen molar-refractivity contribution in [1.82, 2.24) is 9.97 Å². The van der Waals surface area contributed by atoms with Gasteiger partial charge in [-0.2, -0.15) is 0 Å². The lowest BCUT2D eigenvalue weighted by molar-refractivity contribution is 0.317. The lowest BCUT2D eigenvalue weighted by atomic mass is 10.1. The van der Waals surface area contributed by atoms with Crippen LogP contribution in [-0.4, -0.2) is 16.6 Å². The van der Waals surface area contributed by atoms with Gasteiger partial charge in [0.2, 0.25) is 0 Å². The highest BCUT2D eigenvalue weighted by atomic mass is 16.5. The Balaban J connectivity index is 0.000000771. The van der Waals surface area contributed by atoms with E-state index in [4.69, 9.17) is 4.74 Å². The predicted octanol–water partition coefficient (Wildman–Crippen LogP) is 3.96. The Morgan fingerprint density at radius 3 is 2.11 bits per heavy atom. The van der Waals surface area contributed by atoms with Crippen LogP contribution in [0.4, 0.5) is 0 Å². The molecule has 96 valence electrons. The summed E-state index contributed by atoms with van der Waals surface area (Å²) in [6, 6.07) is 7.98. The van der Waals surface area contributed by atoms with Gasteiger partial charge < -0.3 is 4.74 Å². The first-order valence-electron chi connectivity index (χ1n) is 6.38. The molecule has 0 saturated heterocycles. The minimum Gasteiger partial charge on any atom is -0.494 e. The van der Waals surface area contributed by atoms with Crippen molar-refractivity contribution in [3.8, 4) is 16.9 Å². The van der Waals surface area contributed by atoms with Gasteiger partial charge in [0.05, 0.1) is 6.61 Å². The first-order chi connectivity index (χ1) is 8.90. The molecule has 1 heterocycles. The smallest absolute Gasteiger partial charge is 0.119 e. The fourth-order valence-electron chi connectivity index (χ4n) is 1.41. The zero-order chi connectivity index (χ0) is 13.2. The number of hydrogen-bond donors (Lipinski definition) is 0. The number of ether oxygens (including phenoxy) is 1. The van der Waals surface area contributed by atoms with E-state index in [0.717, 1.165) is 29.9 Å². The van der Waals surface area contributed by atoms with Crippen LogP contribution in [0.25, 0.3) is 11.1 Å². The van der Waals surface area contributed by atoms with E-state index in [0.29, 0.717) is 0 Å². The first kappa shape index (κ1) is 14.2. The van der Waals surface area contributed by atoms with Gasteiger partial charge in [0.1, 0.15) is 12.1 Å². The van der Waals surface area contributed by atoms with Gasteiger partial charge in [-0.05, 0) is 24.1 Å². The maximum Gasteiger partial charge on any atom is 0.119 e. The molecular formula is C15H20N2O. The summed E-state index contributed by atoms with van der Waals surface area (Å²) in [5.74, 6) is 0.905. The number of hydrogen-bond acceptors (Lipinski definition) is 3. The minimum absolute atomic E-state index is 0.758. The standard InChI is InChI=1S/C13H14N2O.C2H6/c1-2-7-16-13-5-3-11(4-6-13)12-8-14-10-15-9-12;1-2/h3-6,8-10H,2,7H2,1H3;1-2H3.